The highest BCUT2D eigenvalue weighted by atomic mass is 19.2. The van der Waals surface area contributed by atoms with Crippen LogP contribution in [0.1, 0.15) is 58.8 Å². The van der Waals surface area contributed by atoms with Crippen LogP contribution in [0.4, 0.5) is 64.1 Å². The van der Waals surface area contributed by atoms with E-state index >= 15 is 17.6 Å². The van der Waals surface area contributed by atoms with Crippen LogP contribution in [0.15, 0.2) is 24.3 Å². The maximum absolute atomic E-state index is 15.8. The van der Waals surface area contributed by atoms with E-state index in [0.717, 1.165) is 37.8 Å². The molecule has 4 aromatic rings. The number of hydrogen-bond acceptors (Lipinski definition) is 1. The van der Waals surface area contributed by atoms with E-state index in [1.807, 2.05) is 13.8 Å². The van der Waals surface area contributed by atoms with Crippen LogP contribution in [-0.2, 0) is 0 Å². The third kappa shape index (κ3) is 6.24. The Morgan fingerprint density at radius 2 is 1.04 bits per heavy atom. The van der Waals surface area contributed by atoms with Crippen LogP contribution < -0.4 is 4.90 Å². The normalized spacial score (nSPS) is 12.3. The number of halogens is 12. The van der Waals surface area contributed by atoms with Crippen molar-refractivity contribution in [3.05, 3.63) is 94.1 Å². The summed E-state index contributed by atoms with van der Waals surface area (Å²) in [6.07, 6.45) is 4.93. The molecule has 0 amide bonds. The molecule has 0 saturated heterocycles. The van der Waals surface area contributed by atoms with Gasteiger partial charge in [-0.15, -0.1) is 0 Å². The molecule has 0 fully saturated rings. The van der Waals surface area contributed by atoms with Gasteiger partial charge in [-0.25, -0.2) is 52.7 Å². The first-order valence-corrected chi connectivity index (χ1v) is 14.5. The number of fused-ring (bicyclic) bond motifs is 1. The third-order valence-electron chi connectivity index (χ3n) is 8.06. The Morgan fingerprint density at radius 3 is 1.59 bits per heavy atom. The van der Waals surface area contributed by atoms with Crippen molar-refractivity contribution in [1.82, 2.24) is 0 Å². The summed E-state index contributed by atoms with van der Waals surface area (Å²) in [4.78, 5) is 0.646. The van der Waals surface area contributed by atoms with Gasteiger partial charge in [0.15, 0.2) is 58.2 Å². The summed E-state index contributed by atoms with van der Waals surface area (Å²) in [7, 11) is 0. The van der Waals surface area contributed by atoms with E-state index in [2.05, 4.69) is 0 Å². The Kier molecular flexibility index (Phi) is 10.8. The molecular weight excluding hydrogens is 638 g/mol. The van der Waals surface area contributed by atoms with Crippen LogP contribution in [0.25, 0.3) is 21.9 Å². The van der Waals surface area contributed by atoms with Crippen LogP contribution in [-0.4, -0.2) is 6.54 Å². The summed E-state index contributed by atoms with van der Waals surface area (Å²) in [5.74, 6) is -27.5. The van der Waals surface area contributed by atoms with Crippen molar-refractivity contribution in [3.63, 3.8) is 0 Å². The Hall–Kier alpha value is -3.90. The Labute approximate surface area is 256 Å². The molecule has 1 unspecified atom stereocenters. The van der Waals surface area contributed by atoms with Gasteiger partial charge in [-0.2, -0.15) is 0 Å². The summed E-state index contributed by atoms with van der Waals surface area (Å²) >= 11 is 0. The van der Waals surface area contributed by atoms with E-state index in [1.54, 1.807) is 0 Å². The van der Waals surface area contributed by atoms with Gasteiger partial charge >= 0.3 is 0 Å². The van der Waals surface area contributed by atoms with Gasteiger partial charge in [0.05, 0.1) is 16.5 Å². The molecule has 46 heavy (non-hydrogen) atoms. The number of anilines is 2. The fraction of sp³-hybridized carbons (Fsp3) is 0.333. The lowest BCUT2D eigenvalue weighted by atomic mass is 9.94. The first-order chi connectivity index (χ1) is 21.8. The molecule has 0 saturated carbocycles. The molecule has 0 aliphatic carbocycles. The molecule has 0 spiro atoms. The first kappa shape index (κ1) is 35.0. The molecule has 1 atom stereocenters. The molecule has 0 heterocycles. The summed E-state index contributed by atoms with van der Waals surface area (Å²) in [6.45, 7) is 3.41. The minimum absolute atomic E-state index is 0.103. The van der Waals surface area contributed by atoms with Crippen LogP contribution in [0.2, 0.25) is 0 Å². The van der Waals surface area contributed by atoms with Gasteiger partial charge in [-0.05, 0) is 36.6 Å². The Bertz CT molecular complexity index is 1710. The summed E-state index contributed by atoms with van der Waals surface area (Å²) in [6, 6.07) is 3.03. The molecule has 13 heteroatoms. The fourth-order valence-electron chi connectivity index (χ4n) is 5.54. The van der Waals surface area contributed by atoms with Crippen LogP contribution in [0.3, 0.4) is 0 Å². The SMILES string of the molecule is CCCCCCC(CC)CCN(c1c(F)c(F)c(-c2c(F)c(F)c(F)c(F)c2F)c(F)c1F)c1ccc(F)c2c(F)c(F)ccc12. The molecule has 0 bridgehead atoms. The van der Waals surface area contributed by atoms with Gasteiger partial charge in [0, 0.05) is 17.6 Å². The highest BCUT2D eigenvalue weighted by Gasteiger charge is 2.36. The highest BCUT2D eigenvalue weighted by Crippen LogP contribution is 2.44. The monoisotopic (exact) mass is 665 g/mol. The Balaban J connectivity index is 1.96. The van der Waals surface area contributed by atoms with Crippen LogP contribution in [0.5, 0.6) is 0 Å². The highest BCUT2D eigenvalue weighted by molar-refractivity contribution is 5.97. The molecule has 0 aromatic heterocycles. The number of unbranched alkanes of at least 4 members (excludes halogenated alkanes) is 3. The summed E-state index contributed by atoms with van der Waals surface area (Å²) in [5.41, 5.74) is -6.38. The van der Waals surface area contributed by atoms with Crippen molar-refractivity contribution in [2.24, 2.45) is 5.92 Å². The number of benzene rings is 4. The van der Waals surface area contributed by atoms with Crippen molar-refractivity contribution in [2.75, 3.05) is 11.4 Å². The van der Waals surface area contributed by atoms with Gasteiger partial charge in [0.25, 0.3) is 0 Å². The molecule has 0 N–H and O–H groups in total. The van der Waals surface area contributed by atoms with Crippen LogP contribution >= 0.6 is 0 Å². The van der Waals surface area contributed by atoms with Crippen molar-refractivity contribution < 1.29 is 52.7 Å². The molecule has 4 rings (SSSR count). The zero-order valence-electron chi connectivity index (χ0n) is 24.5. The van der Waals surface area contributed by atoms with E-state index in [-0.39, 0.29) is 12.3 Å². The summed E-state index contributed by atoms with van der Waals surface area (Å²) in [5, 5.41) is -1.38. The lowest BCUT2D eigenvalue weighted by Crippen LogP contribution is -2.25. The smallest absolute Gasteiger partial charge is 0.200 e. The van der Waals surface area contributed by atoms with Crippen molar-refractivity contribution in [2.45, 2.75) is 58.8 Å². The maximum Gasteiger partial charge on any atom is 0.200 e. The van der Waals surface area contributed by atoms with Crippen molar-refractivity contribution in [3.8, 4) is 11.1 Å². The second-order valence-corrected chi connectivity index (χ2v) is 10.8. The fourth-order valence-corrected chi connectivity index (χ4v) is 5.54. The number of rotatable bonds is 12. The molecular formula is C33H27F12N. The van der Waals surface area contributed by atoms with Gasteiger partial charge in [-0.3, -0.25) is 0 Å². The van der Waals surface area contributed by atoms with Crippen LogP contribution in [0, 0.1) is 75.7 Å². The average molecular weight is 666 g/mol. The summed E-state index contributed by atoms with van der Waals surface area (Å²) < 4.78 is 177. The Morgan fingerprint density at radius 1 is 0.522 bits per heavy atom. The van der Waals surface area contributed by atoms with Gasteiger partial charge in [-0.1, -0.05) is 52.4 Å². The topological polar surface area (TPSA) is 3.24 Å². The minimum Gasteiger partial charge on any atom is -0.336 e. The molecule has 0 radical (unpaired) electrons. The maximum atomic E-state index is 15.8. The second-order valence-electron chi connectivity index (χ2n) is 10.8. The van der Waals surface area contributed by atoms with E-state index in [4.69, 9.17) is 0 Å². The van der Waals surface area contributed by atoms with Gasteiger partial charge < -0.3 is 4.90 Å². The largest absolute Gasteiger partial charge is 0.336 e. The van der Waals surface area contributed by atoms with E-state index in [9.17, 15) is 35.1 Å². The lowest BCUT2D eigenvalue weighted by Gasteiger charge is -2.30. The molecule has 1 nitrogen and oxygen atoms in total. The van der Waals surface area contributed by atoms with E-state index in [1.165, 1.54) is 0 Å². The number of nitrogens with zero attached hydrogens (tertiary/aromatic N) is 1. The van der Waals surface area contributed by atoms with Crippen molar-refractivity contribution in [1.29, 1.82) is 0 Å². The van der Waals surface area contributed by atoms with E-state index < -0.39 is 110 Å². The lowest BCUT2D eigenvalue weighted by molar-refractivity contribution is 0.379. The first-order valence-electron chi connectivity index (χ1n) is 14.5. The zero-order chi connectivity index (χ0) is 34.0. The van der Waals surface area contributed by atoms with E-state index in [0.29, 0.717) is 29.9 Å². The average Bonchev–Trinajstić information content (AvgIpc) is 3.04. The molecule has 4 aromatic carbocycles. The quantitative estimate of drug-likeness (QED) is 0.0630. The number of hydrogen-bond donors (Lipinski definition) is 0. The van der Waals surface area contributed by atoms with Gasteiger partial charge in [0.2, 0.25) is 5.82 Å². The second kappa shape index (κ2) is 14.3. The zero-order valence-corrected chi connectivity index (χ0v) is 24.5. The molecule has 248 valence electrons. The van der Waals surface area contributed by atoms with Gasteiger partial charge in [0.1, 0.15) is 11.5 Å². The minimum atomic E-state index is -2.70. The molecule has 0 aliphatic rings. The van der Waals surface area contributed by atoms with Crippen molar-refractivity contribution >= 4 is 22.1 Å². The molecule has 0 aliphatic heterocycles. The predicted molar refractivity (Wildman–Crippen MR) is 149 cm³/mol. The third-order valence-corrected chi connectivity index (χ3v) is 8.06. The standard InChI is InChI=1S/C33H27F12N/c1-3-5-6-7-8-15(4-2)13-14-46(19-12-11-17(34)20-16(19)9-10-18(35)23(20)36)33-31(44)26(39)22(27(40)32(33)45)21-24(37)28(41)30(43)29(42)25(21)38/h9-12,15H,3-8,13-14H2,1-2H3. The predicted octanol–water partition coefficient (Wildman–Crippen LogP) is 11.7.